The molecule has 2 nitrogen and oxygen atoms in total. The second-order valence-corrected chi connectivity index (χ2v) is 4.89. The van der Waals surface area contributed by atoms with Crippen LogP contribution < -0.4 is 5.32 Å². The standard InChI is InChI=1S/C11H23FN2/c1-7(2)13-11-9(5)14(8(3)4)6-10(11)12/h7-11,13H,6H2,1-5H3. The topological polar surface area (TPSA) is 15.3 Å². The Hall–Kier alpha value is -0.150. The molecule has 0 aliphatic carbocycles. The summed E-state index contributed by atoms with van der Waals surface area (Å²) in [7, 11) is 0. The van der Waals surface area contributed by atoms with Crippen LogP contribution in [0, 0.1) is 0 Å². The van der Waals surface area contributed by atoms with E-state index in [1.165, 1.54) is 0 Å². The predicted molar refractivity (Wildman–Crippen MR) is 58.3 cm³/mol. The third kappa shape index (κ3) is 2.45. The van der Waals surface area contributed by atoms with E-state index in [0.717, 1.165) is 0 Å². The molecule has 0 bridgehead atoms. The first-order chi connectivity index (χ1) is 6.43. The monoisotopic (exact) mass is 202 g/mol. The van der Waals surface area contributed by atoms with Crippen LogP contribution in [-0.2, 0) is 0 Å². The van der Waals surface area contributed by atoms with Gasteiger partial charge in [-0.3, -0.25) is 4.90 Å². The summed E-state index contributed by atoms with van der Waals surface area (Å²) < 4.78 is 13.7. The lowest BCUT2D eigenvalue weighted by molar-refractivity contribution is 0.198. The Balaban J connectivity index is 2.60. The molecule has 0 aromatic rings. The summed E-state index contributed by atoms with van der Waals surface area (Å²) in [5, 5.41) is 3.31. The maximum Gasteiger partial charge on any atom is 0.129 e. The largest absolute Gasteiger partial charge is 0.308 e. The van der Waals surface area contributed by atoms with Gasteiger partial charge in [0.15, 0.2) is 0 Å². The number of alkyl halides is 1. The highest BCUT2D eigenvalue weighted by Gasteiger charge is 2.40. The van der Waals surface area contributed by atoms with E-state index in [-0.39, 0.29) is 6.04 Å². The maximum atomic E-state index is 13.7. The van der Waals surface area contributed by atoms with Gasteiger partial charge < -0.3 is 5.32 Å². The van der Waals surface area contributed by atoms with Crippen LogP contribution in [0.4, 0.5) is 4.39 Å². The normalized spacial score (nSPS) is 34.7. The van der Waals surface area contributed by atoms with Gasteiger partial charge in [0.05, 0.1) is 6.04 Å². The fourth-order valence-corrected chi connectivity index (χ4v) is 2.30. The molecule has 1 aliphatic heterocycles. The van der Waals surface area contributed by atoms with Crippen molar-refractivity contribution in [2.24, 2.45) is 0 Å². The van der Waals surface area contributed by atoms with E-state index in [9.17, 15) is 4.39 Å². The van der Waals surface area contributed by atoms with E-state index in [0.29, 0.717) is 24.7 Å². The van der Waals surface area contributed by atoms with Crippen LogP contribution in [0.2, 0.25) is 0 Å². The van der Waals surface area contributed by atoms with Gasteiger partial charge in [0.25, 0.3) is 0 Å². The fourth-order valence-electron chi connectivity index (χ4n) is 2.30. The molecule has 3 atom stereocenters. The van der Waals surface area contributed by atoms with E-state index < -0.39 is 6.17 Å². The van der Waals surface area contributed by atoms with Crippen LogP contribution in [0.15, 0.2) is 0 Å². The first-order valence-corrected chi connectivity index (χ1v) is 5.59. The molecule has 3 heteroatoms. The van der Waals surface area contributed by atoms with Crippen LogP contribution in [0.5, 0.6) is 0 Å². The van der Waals surface area contributed by atoms with Crippen LogP contribution >= 0.6 is 0 Å². The minimum atomic E-state index is -0.727. The SMILES string of the molecule is CC(C)NC1C(F)CN(C(C)C)C1C. The van der Waals surface area contributed by atoms with Crippen molar-refractivity contribution in [2.75, 3.05) is 6.54 Å². The lowest BCUT2D eigenvalue weighted by Gasteiger charge is -2.28. The summed E-state index contributed by atoms with van der Waals surface area (Å²) in [5.74, 6) is 0. The van der Waals surface area contributed by atoms with Crippen LogP contribution in [0.1, 0.15) is 34.6 Å². The summed E-state index contributed by atoms with van der Waals surface area (Å²) in [6.45, 7) is 11.1. The zero-order valence-corrected chi connectivity index (χ0v) is 9.92. The molecule has 1 rings (SSSR count). The predicted octanol–water partition coefficient (Wildman–Crippen LogP) is 1.80. The Bertz CT molecular complexity index is 182. The van der Waals surface area contributed by atoms with E-state index in [1.807, 2.05) is 0 Å². The highest BCUT2D eigenvalue weighted by Crippen LogP contribution is 2.23. The number of likely N-dealkylation sites (tertiary alicyclic amines) is 1. The van der Waals surface area contributed by atoms with Gasteiger partial charge in [-0.15, -0.1) is 0 Å². The molecule has 84 valence electrons. The molecule has 0 amide bonds. The molecule has 0 aromatic carbocycles. The molecule has 3 unspecified atom stereocenters. The first-order valence-electron chi connectivity index (χ1n) is 5.59. The number of nitrogens with zero attached hydrogens (tertiary/aromatic N) is 1. The number of nitrogens with one attached hydrogen (secondary N) is 1. The Morgan fingerprint density at radius 1 is 1.29 bits per heavy atom. The zero-order valence-electron chi connectivity index (χ0n) is 9.92. The molecule has 0 saturated carbocycles. The highest BCUT2D eigenvalue weighted by molar-refractivity contribution is 4.97. The highest BCUT2D eigenvalue weighted by atomic mass is 19.1. The van der Waals surface area contributed by atoms with Gasteiger partial charge in [-0.25, -0.2) is 4.39 Å². The minimum Gasteiger partial charge on any atom is -0.308 e. The van der Waals surface area contributed by atoms with Crippen LogP contribution in [-0.4, -0.2) is 41.8 Å². The van der Waals surface area contributed by atoms with Crippen molar-refractivity contribution in [1.82, 2.24) is 10.2 Å². The fraction of sp³-hybridized carbons (Fsp3) is 1.00. The Morgan fingerprint density at radius 3 is 2.21 bits per heavy atom. The van der Waals surface area contributed by atoms with Crippen LogP contribution in [0.3, 0.4) is 0 Å². The van der Waals surface area contributed by atoms with Crippen molar-refractivity contribution in [3.63, 3.8) is 0 Å². The second-order valence-electron chi connectivity index (χ2n) is 4.89. The van der Waals surface area contributed by atoms with Crippen molar-refractivity contribution >= 4 is 0 Å². The van der Waals surface area contributed by atoms with Crippen molar-refractivity contribution in [2.45, 2.75) is 65.0 Å². The number of rotatable bonds is 3. The Labute approximate surface area is 86.9 Å². The number of hydrogen-bond acceptors (Lipinski definition) is 2. The zero-order chi connectivity index (χ0) is 10.9. The molecule has 1 fully saturated rings. The lowest BCUT2D eigenvalue weighted by atomic mass is 10.1. The van der Waals surface area contributed by atoms with Crippen molar-refractivity contribution in [3.05, 3.63) is 0 Å². The Morgan fingerprint density at radius 2 is 1.86 bits per heavy atom. The second kappa shape index (κ2) is 4.58. The summed E-state index contributed by atoms with van der Waals surface area (Å²) in [5.41, 5.74) is 0. The summed E-state index contributed by atoms with van der Waals surface area (Å²) in [6, 6.07) is 1.08. The molecular weight excluding hydrogens is 179 g/mol. The van der Waals surface area contributed by atoms with Crippen LogP contribution in [0.25, 0.3) is 0 Å². The quantitative estimate of drug-likeness (QED) is 0.751. The van der Waals surface area contributed by atoms with Gasteiger partial charge >= 0.3 is 0 Å². The third-order valence-electron chi connectivity index (χ3n) is 3.01. The van der Waals surface area contributed by atoms with Crippen molar-refractivity contribution < 1.29 is 4.39 Å². The van der Waals surface area contributed by atoms with Gasteiger partial charge in [0, 0.05) is 24.7 Å². The first kappa shape index (κ1) is 11.9. The molecule has 0 radical (unpaired) electrons. The molecule has 1 heterocycles. The summed E-state index contributed by atoms with van der Waals surface area (Å²) in [6.07, 6.45) is -0.727. The average Bonchev–Trinajstić information content (AvgIpc) is 2.31. The Kier molecular flexibility index (Phi) is 3.90. The number of hydrogen-bond donors (Lipinski definition) is 1. The van der Waals surface area contributed by atoms with Crippen molar-refractivity contribution in [1.29, 1.82) is 0 Å². The van der Waals surface area contributed by atoms with Gasteiger partial charge in [-0.1, -0.05) is 13.8 Å². The third-order valence-corrected chi connectivity index (χ3v) is 3.01. The minimum absolute atomic E-state index is 0.00241. The van der Waals surface area contributed by atoms with Gasteiger partial charge in [0.2, 0.25) is 0 Å². The summed E-state index contributed by atoms with van der Waals surface area (Å²) >= 11 is 0. The summed E-state index contributed by atoms with van der Waals surface area (Å²) in [4.78, 5) is 2.23. The molecule has 0 spiro atoms. The molecule has 0 aromatic heterocycles. The molecule has 1 aliphatic rings. The average molecular weight is 202 g/mol. The maximum absolute atomic E-state index is 13.7. The molecule has 1 N–H and O–H groups in total. The molecule has 1 saturated heterocycles. The lowest BCUT2D eigenvalue weighted by Crippen LogP contribution is -2.47. The molecular formula is C11H23FN2. The van der Waals surface area contributed by atoms with Gasteiger partial charge in [-0.2, -0.15) is 0 Å². The smallest absolute Gasteiger partial charge is 0.129 e. The number of halogens is 1. The van der Waals surface area contributed by atoms with E-state index in [4.69, 9.17) is 0 Å². The van der Waals surface area contributed by atoms with Gasteiger partial charge in [-0.05, 0) is 20.8 Å². The van der Waals surface area contributed by atoms with Crippen molar-refractivity contribution in [3.8, 4) is 0 Å². The van der Waals surface area contributed by atoms with E-state index in [1.54, 1.807) is 0 Å². The van der Waals surface area contributed by atoms with E-state index in [2.05, 4.69) is 44.8 Å². The van der Waals surface area contributed by atoms with E-state index >= 15 is 0 Å². The van der Waals surface area contributed by atoms with Gasteiger partial charge in [0.1, 0.15) is 6.17 Å². The molecule has 14 heavy (non-hydrogen) atoms.